The average Bonchev–Trinajstić information content (AvgIpc) is 2.14. The maximum atomic E-state index is 2.31. The number of allylic oxidation sites excluding steroid dienone is 2. The van der Waals surface area contributed by atoms with Gasteiger partial charge < -0.3 is 12.4 Å². The Morgan fingerprint density at radius 3 is 2.50 bits per heavy atom. The van der Waals surface area contributed by atoms with Crippen LogP contribution in [0.4, 0.5) is 0 Å². The van der Waals surface area contributed by atoms with E-state index in [9.17, 15) is 0 Å². The molecule has 0 aromatic carbocycles. The van der Waals surface area contributed by atoms with Gasteiger partial charge in [0, 0.05) is 0 Å². The zero-order chi connectivity index (χ0) is 9.57. The van der Waals surface area contributed by atoms with Gasteiger partial charge in [-0.25, -0.2) is 0 Å². The molecule has 0 saturated heterocycles. The fourth-order valence-electron chi connectivity index (χ4n) is 1.76. The molecule has 1 unspecified atom stereocenters. The Morgan fingerprint density at radius 2 is 1.93 bits per heavy atom. The lowest BCUT2D eigenvalue weighted by atomic mass is 10.2. The third kappa shape index (κ3) is 4.83. The van der Waals surface area contributed by atoms with Crippen LogP contribution in [0, 0.1) is 0 Å². The molecule has 1 aliphatic rings. The molecule has 0 spiro atoms. The van der Waals surface area contributed by atoms with Crippen LogP contribution in [0.15, 0.2) is 24.4 Å². The van der Waals surface area contributed by atoms with Crippen molar-refractivity contribution in [3.05, 3.63) is 24.4 Å². The van der Waals surface area contributed by atoms with Crippen LogP contribution in [0.5, 0.6) is 0 Å². The van der Waals surface area contributed by atoms with E-state index < -0.39 is 0 Å². The lowest BCUT2D eigenvalue weighted by Gasteiger charge is -2.30. The standard InChI is InChI=1S/C12H22N.ClH/c1-3-4-5-7-10-13(2)11-8-6-9-12-13;/h6,8-9,11H,3-5,7,10,12H2,1-2H3;1H/q+1;/p-1. The van der Waals surface area contributed by atoms with Gasteiger partial charge in [-0.05, 0) is 25.0 Å². The topological polar surface area (TPSA) is 0 Å². The Hall–Kier alpha value is -0.270. The lowest BCUT2D eigenvalue weighted by Crippen LogP contribution is -3.00. The van der Waals surface area contributed by atoms with Crippen molar-refractivity contribution in [1.82, 2.24) is 0 Å². The summed E-state index contributed by atoms with van der Waals surface area (Å²) in [6.07, 6.45) is 14.4. The van der Waals surface area contributed by atoms with Crippen LogP contribution in [-0.2, 0) is 0 Å². The second kappa shape index (κ2) is 7.08. The second-order valence-corrected chi connectivity index (χ2v) is 4.22. The van der Waals surface area contributed by atoms with Gasteiger partial charge in [-0.1, -0.05) is 25.8 Å². The second-order valence-electron chi connectivity index (χ2n) is 4.22. The van der Waals surface area contributed by atoms with Crippen LogP contribution in [-0.4, -0.2) is 24.6 Å². The Bertz CT molecular complexity index is 198. The summed E-state index contributed by atoms with van der Waals surface area (Å²) in [5.41, 5.74) is 0. The SMILES string of the molecule is CCCCCC[N+]1(C)C=CC=CC1.[Cl-]. The molecular formula is C12H22ClN. The van der Waals surface area contributed by atoms with Gasteiger partial charge in [-0.2, -0.15) is 0 Å². The van der Waals surface area contributed by atoms with Crippen LogP contribution in [0.25, 0.3) is 0 Å². The molecule has 1 aliphatic heterocycles. The van der Waals surface area contributed by atoms with Crippen LogP contribution < -0.4 is 12.4 Å². The molecule has 1 atom stereocenters. The molecule has 1 nitrogen and oxygen atoms in total. The zero-order valence-electron chi connectivity index (χ0n) is 9.38. The highest BCUT2D eigenvalue weighted by Crippen LogP contribution is 2.12. The minimum atomic E-state index is 0. The highest BCUT2D eigenvalue weighted by Gasteiger charge is 2.16. The molecule has 0 aliphatic carbocycles. The van der Waals surface area contributed by atoms with E-state index in [-0.39, 0.29) is 12.4 Å². The van der Waals surface area contributed by atoms with Crippen molar-refractivity contribution in [2.24, 2.45) is 0 Å². The fourth-order valence-corrected chi connectivity index (χ4v) is 1.76. The van der Waals surface area contributed by atoms with Crippen molar-refractivity contribution in [2.45, 2.75) is 32.6 Å². The molecular weight excluding hydrogens is 194 g/mol. The number of hydrogen-bond acceptors (Lipinski definition) is 0. The Labute approximate surface area is 94.5 Å². The minimum Gasteiger partial charge on any atom is -1.00 e. The van der Waals surface area contributed by atoms with E-state index in [1.165, 1.54) is 38.8 Å². The number of likely N-dealkylation sites (N-methyl/N-ethyl adjacent to an activating group) is 1. The number of unbranched alkanes of at least 4 members (excludes halogenated alkanes) is 3. The van der Waals surface area contributed by atoms with Crippen LogP contribution in [0.3, 0.4) is 0 Å². The average molecular weight is 216 g/mol. The molecule has 0 aromatic rings. The van der Waals surface area contributed by atoms with Crippen LogP contribution >= 0.6 is 0 Å². The number of halogens is 1. The summed E-state index contributed by atoms with van der Waals surface area (Å²) < 4.78 is 1.10. The number of nitrogens with zero attached hydrogens (tertiary/aromatic N) is 1. The number of rotatable bonds is 5. The van der Waals surface area contributed by atoms with Gasteiger partial charge in [-0.3, -0.25) is 4.48 Å². The van der Waals surface area contributed by atoms with Gasteiger partial charge in [0.25, 0.3) is 0 Å². The molecule has 1 rings (SSSR count). The molecule has 82 valence electrons. The summed E-state index contributed by atoms with van der Waals surface area (Å²) in [6.45, 7) is 4.73. The van der Waals surface area contributed by atoms with E-state index in [0.29, 0.717) is 0 Å². The van der Waals surface area contributed by atoms with Crippen molar-refractivity contribution < 1.29 is 16.9 Å². The predicted octanol–water partition coefficient (Wildman–Crippen LogP) is 0.101. The number of hydrogen-bond donors (Lipinski definition) is 0. The third-order valence-corrected chi connectivity index (χ3v) is 2.74. The van der Waals surface area contributed by atoms with Gasteiger partial charge in [0.1, 0.15) is 6.54 Å². The van der Waals surface area contributed by atoms with Crippen molar-refractivity contribution >= 4 is 0 Å². The molecule has 0 saturated carbocycles. The smallest absolute Gasteiger partial charge is 0.102 e. The quantitative estimate of drug-likeness (QED) is 0.451. The minimum absolute atomic E-state index is 0. The van der Waals surface area contributed by atoms with Crippen molar-refractivity contribution in [2.75, 3.05) is 20.1 Å². The summed E-state index contributed by atoms with van der Waals surface area (Å²) in [4.78, 5) is 0. The molecule has 0 fully saturated rings. The number of quaternary nitrogens is 1. The normalized spacial score (nSPS) is 24.7. The van der Waals surface area contributed by atoms with E-state index in [1.807, 2.05) is 0 Å². The highest BCUT2D eigenvalue weighted by molar-refractivity contribution is 5.03. The van der Waals surface area contributed by atoms with Crippen molar-refractivity contribution in [3.63, 3.8) is 0 Å². The summed E-state index contributed by atoms with van der Waals surface area (Å²) in [7, 11) is 2.31. The Morgan fingerprint density at radius 1 is 1.14 bits per heavy atom. The fraction of sp³-hybridized carbons (Fsp3) is 0.667. The van der Waals surface area contributed by atoms with Crippen molar-refractivity contribution in [1.29, 1.82) is 0 Å². The first-order valence-electron chi connectivity index (χ1n) is 5.45. The molecule has 0 aromatic heterocycles. The Kier molecular flexibility index (Phi) is 6.94. The van der Waals surface area contributed by atoms with Gasteiger partial charge in [0.15, 0.2) is 0 Å². The third-order valence-electron chi connectivity index (χ3n) is 2.74. The van der Waals surface area contributed by atoms with E-state index in [1.54, 1.807) is 0 Å². The van der Waals surface area contributed by atoms with E-state index in [0.717, 1.165) is 4.48 Å². The Balaban J connectivity index is 0.00000169. The maximum Gasteiger partial charge on any atom is 0.102 e. The van der Waals surface area contributed by atoms with Gasteiger partial charge in [-0.15, -0.1) is 0 Å². The van der Waals surface area contributed by atoms with Crippen molar-refractivity contribution in [3.8, 4) is 0 Å². The predicted molar refractivity (Wildman–Crippen MR) is 58.3 cm³/mol. The monoisotopic (exact) mass is 215 g/mol. The van der Waals surface area contributed by atoms with E-state index in [4.69, 9.17) is 0 Å². The molecule has 1 heterocycles. The lowest BCUT2D eigenvalue weighted by molar-refractivity contribution is -0.854. The van der Waals surface area contributed by atoms with Crippen LogP contribution in [0.1, 0.15) is 32.6 Å². The highest BCUT2D eigenvalue weighted by atomic mass is 35.5. The molecule has 2 heteroatoms. The zero-order valence-corrected chi connectivity index (χ0v) is 10.1. The molecule has 0 N–H and O–H groups in total. The molecule has 0 amide bonds. The summed E-state index contributed by atoms with van der Waals surface area (Å²) in [5, 5.41) is 0. The molecule has 14 heavy (non-hydrogen) atoms. The van der Waals surface area contributed by atoms with Gasteiger partial charge in [0.05, 0.1) is 19.8 Å². The maximum absolute atomic E-state index is 2.31. The summed E-state index contributed by atoms with van der Waals surface area (Å²) in [5.74, 6) is 0. The largest absolute Gasteiger partial charge is 1.00 e. The van der Waals surface area contributed by atoms with E-state index in [2.05, 4.69) is 38.4 Å². The van der Waals surface area contributed by atoms with Gasteiger partial charge in [0.2, 0.25) is 0 Å². The summed E-state index contributed by atoms with van der Waals surface area (Å²) in [6, 6.07) is 0. The first-order valence-corrected chi connectivity index (χ1v) is 5.45. The molecule has 0 bridgehead atoms. The summed E-state index contributed by atoms with van der Waals surface area (Å²) >= 11 is 0. The first kappa shape index (κ1) is 13.7. The van der Waals surface area contributed by atoms with Crippen LogP contribution in [0.2, 0.25) is 0 Å². The van der Waals surface area contributed by atoms with Gasteiger partial charge >= 0.3 is 0 Å². The molecule has 0 radical (unpaired) electrons. The van der Waals surface area contributed by atoms with E-state index >= 15 is 0 Å². The first-order chi connectivity index (χ1) is 6.27.